The van der Waals surface area contributed by atoms with Gasteiger partial charge in [-0.05, 0) is 23.3 Å². The number of aromatic hydroxyl groups is 2. The maximum absolute atomic E-state index is 11.6. The molecule has 0 radical (unpaired) electrons. The molecule has 2 aromatic carbocycles. The second-order valence-corrected chi connectivity index (χ2v) is 5.18. The van der Waals surface area contributed by atoms with Crippen molar-refractivity contribution in [2.75, 3.05) is 0 Å². The Morgan fingerprint density at radius 2 is 1.00 bits per heavy atom. The number of hydrogen-bond acceptors (Lipinski definition) is 4. The van der Waals surface area contributed by atoms with Crippen molar-refractivity contribution in [3.05, 3.63) is 70.8 Å². The van der Waals surface area contributed by atoms with Gasteiger partial charge in [0.15, 0.2) is 0 Å². The number of benzene rings is 2. The first-order chi connectivity index (χ1) is 11.4. The Kier molecular flexibility index (Phi) is 5.21. The van der Waals surface area contributed by atoms with E-state index in [2.05, 4.69) is 0 Å². The third-order valence-corrected chi connectivity index (χ3v) is 3.60. The smallest absolute Gasteiger partial charge is 0.332 e. The molecule has 0 saturated heterocycles. The quantitative estimate of drug-likeness (QED) is 0.605. The molecule has 0 aliphatic carbocycles. The molecule has 6 nitrogen and oxygen atoms in total. The third kappa shape index (κ3) is 3.92. The number of carbonyl (C=O) groups is 2. The van der Waals surface area contributed by atoms with Gasteiger partial charge < -0.3 is 20.4 Å². The largest absolute Gasteiger partial charge is 0.508 e. The Morgan fingerprint density at radius 1 is 0.667 bits per heavy atom. The van der Waals surface area contributed by atoms with Gasteiger partial charge in [-0.1, -0.05) is 36.4 Å². The summed E-state index contributed by atoms with van der Waals surface area (Å²) in [6.45, 7) is 0. The highest BCUT2D eigenvalue weighted by Crippen LogP contribution is 2.25. The molecule has 0 spiro atoms. The van der Waals surface area contributed by atoms with Crippen molar-refractivity contribution in [2.45, 2.75) is 12.8 Å². The number of para-hydroxylation sites is 2. The molecule has 124 valence electrons. The molecule has 0 atom stereocenters. The molecule has 4 N–H and O–H groups in total. The molecule has 0 aliphatic rings. The van der Waals surface area contributed by atoms with Crippen LogP contribution in [0, 0.1) is 0 Å². The number of carboxylic acids is 2. The average molecular weight is 328 g/mol. The first-order valence-electron chi connectivity index (χ1n) is 7.12. The fourth-order valence-corrected chi connectivity index (χ4v) is 2.32. The molecule has 24 heavy (non-hydrogen) atoms. The summed E-state index contributed by atoms with van der Waals surface area (Å²) < 4.78 is 0. The Balaban J connectivity index is 2.48. The normalized spacial score (nSPS) is 11.7. The van der Waals surface area contributed by atoms with E-state index < -0.39 is 11.9 Å². The minimum Gasteiger partial charge on any atom is -0.508 e. The Morgan fingerprint density at radius 3 is 1.29 bits per heavy atom. The van der Waals surface area contributed by atoms with Crippen LogP contribution in [0.15, 0.2) is 59.7 Å². The number of phenols is 2. The fourth-order valence-electron chi connectivity index (χ4n) is 2.32. The maximum Gasteiger partial charge on any atom is 0.332 e. The molecular formula is C18H16O6. The maximum atomic E-state index is 11.6. The molecule has 6 heteroatoms. The van der Waals surface area contributed by atoms with Crippen LogP contribution in [0.3, 0.4) is 0 Å². The minimum absolute atomic E-state index is 0.108. The minimum atomic E-state index is -1.38. The van der Waals surface area contributed by atoms with Gasteiger partial charge in [-0.25, -0.2) is 9.59 Å². The molecule has 2 rings (SSSR count). The van der Waals surface area contributed by atoms with E-state index in [1.54, 1.807) is 24.3 Å². The van der Waals surface area contributed by atoms with Gasteiger partial charge in [-0.3, -0.25) is 0 Å². The summed E-state index contributed by atoms with van der Waals surface area (Å²) in [5, 5.41) is 38.4. The molecular weight excluding hydrogens is 312 g/mol. The van der Waals surface area contributed by atoms with E-state index in [9.17, 15) is 30.0 Å². The topological polar surface area (TPSA) is 115 Å². The summed E-state index contributed by atoms with van der Waals surface area (Å²) in [5.74, 6) is -2.98. The monoisotopic (exact) mass is 328 g/mol. The number of hydrogen-bond donors (Lipinski definition) is 4. The van der Waals surface area contributed by atoms with Gasteiger partial charge in [0.2, 0.25) is 0 Å². The highest BCUT2D eigenvalue weighted by atomic mass is 16.4. The molecule has 0 heterocycles. The van der Waals surface area contributed by atoms with Crippen LogP contribution >= 0.6 is 0 Å². The van der Waals surface area contributed by atoms with Crippen molar-refractivity contribution < 1.29 is 30.0 Å². The number of carboxylic acid groups (broad SMARTS) is 2. The van der Waals surface area contributed by atoms with Gasteiger partial charge in [-0.15, -0.1) is 0 Å². The second kappa shape index (κ2) is 7.32. The lowest BCUT2D eigenvalue weighted by Gasteiger charge is -2.11. The Hall–Kier alpha value is -3.28. The molecule has 0 aliphatic heterocycles. The van der Waals surface area contributed by atoms with Gasteiger partial charge in [0.05, 0.1) is 11.1 Å². The van der Waals surface area contributed by atoms with Gasteiger partial charge in [0.1, 0.15) is 11.5 Å². The van der Waals surface area contributed by atoms with E-state index >= 15 is 0 Å². The van der Waals surface area contributed by atoms with Crippen LogP contribution < -0.4 is 0 Å². The van der Waals surface area contributed by atoms with Gasteiger partial charge in [-0.2, -0.15) is 0 Å². The van der Waals surface area contributed by atoms with Crippen molar-refractivity contribution in [3.63, 3.8) is 0 Å². The summed E-state index contributed by atoms with van der Waals surface area (Å²) >= 11 is 0. The lowest BCUT2D eigenvalue weighted by atomic mass is 9.94. The predicted molar refractivity (Wildman–Crippen MR) is 85.9 cm³/mol. The van der Waals surface area contributed by atoms with Crippen LogP contribution in [-0.2, 0) is 22.4 Å². The summed E-state index contributed by atoms with van der Waals surface area (Å²) in [5.41, 5.74) is -0.0589. The van der Waals surface area contributed by atoms with Gasteiger partial charge in [0, 0.05) is 12.8 Å². The lowest BCUT2D eigenvalue weighted by molar-refractivity contribution is -0.136. The van der Waals surface area contributed by atoms with Crippen LogP contribution in [0.4, 0.5) is 0 Å². The van der Waals surface area contributed by atoms with Crippen molar-refractivity contribution in [3.8, 4) is 11.5 Å². The predicted octanol–water partition coefficient (Wildman–Crippen LogP) is 2.35. The van der Waals surface area contributed by atoms with Crippen molar-refractivity contribution in [1.82, 2.24) is 0 Å². The van der Waals surface area contributed by atoms with E-state index in [1.807, 2.05) is 0 Å². The van der Waals surface area contributed by atoms with Crippen LogP contribution in [-0.4, -0.2) is 32.4 Å². The average Bonchev–Trinajstić information content (AvgIpc) is 2.53. The van der Waals surface area contributed by atoms with Crippen LogP contribution in [0.25, 0.3) is 0 Å². The number of rotatable bonds is 6. The zero-order valence-electron chi connectivity index (χ0n) is 12.6. The van der Waals surface area contributed by atoms with E-state index in [-0.39, 0.29) is 35.5 Å². The molecule has 0 amide bonds. The van der Waals surface area contributed by atoms with E-state index in [4.69, 9.17) is 0 Å². The number of aliphatic carboxylic acids is 2. The van der Waals surface area contributed by atoms with Crippen LogP contribution in [0.5, 0.6) is 11.5 Å². The van der Waals surface area contributed by atoms with E-state index in [1.165, 1.54) is 24.3 Å². The summed E-state index contributed by atoms with van der Waals surface area (Å²) in [7, 11) is 0. The first kappa shape index (κ1) is 17.1. The zero-order chi connectivity index (χ0) is 17.7. The highest BCUT2D eigenvalue weighted by molar-refractivity contribution is 5.99. The van der Waals surface area contributed by atoms with Crippen molar-refractivity contribution >= 4 is 11.9 Å². The summed E-state index contributed by atoms with van der Waals surface area (Å²) in [6, 6.07) is 12.3. The summed E-state index contributed by atoms with van der Waals surface area (Å²) in [6.07, 6.45) is -0.478. The molecule has 0 fully saturated rings. The van der Waals surface area contributed by atoms with Crippen LogP contribution in [0.1, 0.15) is 11.1 Å². The number of phenolic OH excluding ortho intramolecular Hbond substituents is 2. The Bertz CT molecular complexity index is 739. The van der Waals surface area contributed by atoms with E-state index in [0.717, 1.165) is 0 Å². The molecule has 0 bridgehead atoms. The first-order valence-corrected chi connectivity index (χ1v) is 7.12. The molecule has 0 saturated carbocycles. The van der Waals surface area contributed by atoms with Crippen molar-refractivity contribution in [2.24, 2.45) is 0 Å². The zero-order valence-corrected chi connectivity index (χ0v) is 12.6. The SMILES string of the molecule is O=C(O)C(Cc1ccccc1O)=C(Cc1ccccc1O)C(=O)O. The third-order valence-electron chi connectivity index (χ3n) is 3.60. The van der Waals surface area contributed by atoms with E-state index in [0.29, 0.717) is 11.1 Å². The fraction of sp³-hybridized carbons (Fsp3) is 0.111. The Labute approximate surface area is 137 Å². The highest BCUT2D eigenvalue weighted by Gasteiger charge is 2.22. The van der Waals surface area contributed by atoms with Gasteiger partial charge in [0.25, 0.3) is 0 Å². The summed E-state index contributed by atoms with van der Waals surface area (Å²) in [4.78, 5) is 23.1. The van der Waals surface area contributed by atoms with Crippen molar-refractivity contribution in [1.29, 1.82) is 0 Å². The molecule has 0 unspecified atom stereocenters. The molecule has 2 aromatic rings. The van der Waals surface area contributed by atoms with Crippen LogP contribution in [0.2, 0.25) is 0 Å². The van der Waals surface area contributed by atoms with Gasteiger partial charge >= 0.3 is 11.9 Å². The second-order valence-electron chi connectivity index (χ2n) is 5.18. The lowest BCUT2D eigenvalue weighted by Crippen LogP contribution is -2.15. The standard InChI is InChI=1S/C18H16O6/c19-15-7-3-1-5-11(15)9-13(17(21)22)14(18(23)24)10-12-6-2-4-8-16(12)20/h1-8,19-20H,9-10H2,(H,21,22)(H,23,24). The molecule has 0 aromatic heterocycles.